The van der Waals surface area contributed by atoms with Crippen LogP contribution in [-0.4, -0.2) is 26.8 Å². The summed E-state index contributed by atoms with van der Waals surface area (Å²) in [7, 11) is 2.34. The molecule has 0 bridgehead atoms. The molecule has 1 aromatic heterocycles. The van der Waals surface area contributed by atoms with Crippen LogP contribution in [0, 0.1) is 40.4 Å². The minimum atomic E-state index is -0.462. The molecule has 46 heavy (non-hydrogen) atoms. The van der Waals surface area contributed by atoms with Crippen LogP contribution in [0.25, 0.3) is 5.70 Å². The molecule has 0 spiro atoms. The molecule has 0 amide bonds. The number of aromatic amines is 2. The van der Waals surface area contributed by atoms with E-state index in [1.807, 2.05) is 13.8 Å². The van der Waals surface area contributed by atoms with Crippen LogP contribution < -0.4 is 11.4 Å². The monoisotopic (exact) mass is 659 g/mol. The van der Waals surface area contributed by atoms with Gasteiger partial charge in [0.15, 0.2) is 0 Å². The third-order valence-corrected chi connectivity index (χ3v) is 11.6. The number of allylic oxidation sites excluding steroid dienone is 4. The highest BCUT2D eigenvalue weighted by Crippen LogP contribution is 2.63. The Balaban J connectivity index is 0.000000382. The van der Waals surface area contributed by atoms with Crippen molar-refractivity contribution in [3.05, 3.63) is 51.6 Å². The van der Waals surface area contributed by atoms with Gasteiger partial charge in [-0.2, -0.15) is 0 Å². The summed E-state index contributed by atoms with van der Waals surface area (Å²) < 4.78 is 6.70. The third kappa shape index (κ3) is 10.4. The van der Waals surface area contributed by atoms with E-state index in [2.05, 4.69) is 60.6 Å². The first-order valence-electron chi connectivity index (χ1n) is 18.0. The average molecular weight is 660 g/mol. The molecule has 1 aromatic rings. The number of nitrogens with zero attached hydrogens (tertiary/aromatic N) is 1. The highest BCUT2D eigenvalue weighted by Gasteiger charge is 2.55. The van der Waals surface area contributed by atoms with E-state index in [4.69, 9.17) is 4.74 Å². The van der Waals surface area contributed by atoms with Crippen molar-refractivity contribution >= 4 is 20.9 Å². The molecule has 3 fully saturated rings. The number of carbonyl (C=O) groups excluding carboxylic acids is 1. The molecule has 2 N–H and O–H groups in total. The lowest BCUT2D eigenvalue weighted by molar-refractivity contribution is -0.152. The fraction of sp³-hybridized carbons (Fsp3) is 0.763. The van der Waals surface area contributed by atoms with Crippen molar-refractivity contribution in [2.45, 2.75) is 145 Å². The topological polar surface area (TPSA) is 97.0 Å². The summed E-state index contributed by atoms with van der Waals surface area (Å²) in [5, 5.41) is 4.41. The van der Waals surface area contributed by atoms with Crippen LogP contribution >= 0.6 is 9.24 Å². The number of fused-ring (bicyclic) bond motifs is 1. The van der Waals surface area contributed by atoms with Crippen LogP contribution in [-0.2, 0) is 9.53 Å². The molecule has 0 saturated heterocycles. The number of ether oxygens (including phenoxy) is 1. The molecule has 4 rings (SSSR count). The smallest absolute Gasteiger partial charge is 0.348 e. The normalized spacial score (nSPS) is 31.0. The molecule has 3 aliphatic rings. The molecule has 0 radical (unpaired) electrons. The van der Waals surface area contributed by atoms with Crippen molar-refractivity contribution in [1.82, 2.24) is 14.8 Å². The summed E-state index contributed by atoms with van der Waals surface area (Å²) in [6.45, 7) is 21.3. The zero-order valence-corrected chi connectivity index (χ0v) is 31.5. The Morgan fingerprint density at radius 3 is 2.15 bits per heavy atom. The number of hydrogen-bond donors (Lipinski definition) is 2. The van der Waals surface area contributed by atoms with Gasteiger partial charge in [0.1, 0.15) is 6.10 Å². The Labute approximate surface area is 281 Å². The highest BCUT2D eigenvalue weighted by molar-refractivity contribution is 7.20. The zero-order chi connectivity index (χ0) is 34.5. The number of carbonyl (C=O) groups is 1. The molecule has 3 aliphatic carbocycles. The molecule has 262 valence electrons. The highest BCUT2D eigenvalue weighted by atomic mass is 31.0. The number of esters is 1. The predicted molar refractivity (Wildman–Crippen MR) is 197 cm³/mol. The van der Waals surface area contributed by atoms with Crippen LogP contribution in [0.4, 0.5) is 0 Å². The van der Waals surface area contributed by atoms with E-state index >= 15 is 0 Å². The van der Waals surface area contributed by atoms with Crippen molar-refractivity contribution < 1.29 is 9.53 Å². The van der Waals surface area contributed by atoms with Gasteiger partial charge in [0.05, 0.1) is 5.70 Å². The van der Waals surface area contributed by atoms with Gasteiger partial charge in [-0.3, -0.25) is 4.79 Å². The summed E-state index contributed by atoms with van der Waals surface area (Å²) in [5.41, 5.74) is 0.672. The minimum Gasteiger partial charge on any atom is -0.462 e. The van der Waals surface area contributed by atoms with E-state index in [0.29, 0.717) is 22.9 Å². The van der Waals surface area contributed by atoms with E-state index < -0.39 is 11.4 Å². The minimum absolute atomic E-state index is 0.0178. The maximum absolute atomic E-state index is 11.7. The van der Waals surface area contributed by atoms with E-state index in [1.54, 1.807) is 31.0 Å². The molecule has 0 aliphatic heterocycles. The molecular weight excluding hydrogens is 593 g/mol. The van der Waals surface area contributed by atoms with E-state index in [1.165, 1.54) is 64.2 Å². The first kappa shape index (κ1) is 40.0. The summed E-state index contributed by atoms with van der Waals surface area (Å²) in [6.07, 6.45) is 22.0. The van der Waals surface area contributed by atoms with Crippen molar-refractivity contribution in [3.8, 4) is 0 Å². The SMILES string of the molecule is C/C=C\C(=C/C)n1c(=O)[nH][nH]c1=O.C=CP.CCC(=O)OC1CCC(C)(C2CCC3(C)C(CCCCC(C)C)CCC3C2C)CC1. The third-order valence-electron chi connectivity index (χ3n) is 11.6. The van der Waals surface area contributed by atoms with Crippen LogP contribution in [0.5, 0.6) is 0 Å². The number of rotatable bonds is 10. The second-order valence-electron chi connectivity index (χ2n) is 14.9. The lowest BCUT2D eigenvalue weighted by Gasteiger charge is -2.54. The second kappa shape index (κ2) is 19.0. The fourth-order valence-corrected chi connectivity index (χ4v) is 9.03. The number of H-pyrrole nitrogens is 2. The molecule has 6 unspecified atom stereocenters. The fourth-order valence-electron chi connectivity index (χ4n) is 9.03. The van der Waals surface area contributed by atoms with Gasteiger partial charge in [0.25, 0.3) is 0 Å². The van der Waals surface area contributed by atoms with Crippen molar-refractivity contribution in [3.63, 3.8) is 0 Å². The molecular formula is C38H66N3O4P. The van der Waals surface area contributed by atoms with Crippen LogP contribution in [0.2, 0.25) is 0 Å². The first-order chi connectivity index (χ1) is 21.8. The molecule has 0 aromatic carbocycles. The average Bonchev–Trinajstić information content (AvgIpc) is 3.53. The number of nitrogens with one attached hydrogen (secondary N) is 2. The lowest BCUT2D eigenvalue weighted by Crippen LogP contribution is -2.47. The Morgan fingerprint density at radius 2 is 1.63 bits per heavy atom. The summed E-state index contributed by atoms with van der Waals surface area (Å²) in [5.74, 6) is 6.11. The van der Waals surface area contributed by atoms with Crippen LogP contribution in [0.1, 0.15) is 139 Å². The Bertz CT molecular complexity index is 1220. The molecule has 1 heterocycles. The zero-order valence-electron chi connectivity index (χ0n) is 30.3. The number of unbranched alkanes of at least 4 members (excludes halogenated alkanes) is 1. The summed E-state index contributed by atoms with van der Waals surface area (Å²) >= 11 is 0. The van der Waals surface area contributed by atoms with Gasteiger partial charge in [0.2, 0.25) is 0 Å². The van der Waals surface area contributed by atoms with Gasteiger partial charge in [-0.25, -0.2) is 24.4 Å². The number of hydrogen-bond acceptors (Lipinski definition) is 4. The van der Waals surface area contributed by atoms with Crippen molar-refractivity contribution in [2.24, 2.45) is 40.4 Å². The van der Waals surface area contributed by atoms with Gasteiger partial charge < -0.3 is 4.74 Å². The lowest BCUT2D eigenvalue weighted by atomic mass is 9.51. The Morgan fingerprint density at radius 1 is 1.02 bits per heavy atom. The number of aromatic nitrogens is 3. The molecule has 3 saturated carbocycles. The van der Waals surface area contributed by atoms with E-state index in [0.717, 1.165) is 47.0 Å². The maximum Gasteiger partial charge on any atom is 0.348 e. The maximum atomic E-state index is 11.7. The van der Waals surface area contributed by atoms with Gasteiger partial charge in [0, 0.05) is 6.42 Å². The van der Waals surface area contributed by atoms with E-state index in [9.17, 15) is 14.4 Å². The van der Waals surface area contributed by atoms with Crippen molar-refractivity contribution in [2.75, 3.05) is 0 Å². The molecule has 8 heteroatoms. The van der Waals surface area contributed by atoms with Gasteiger partial charge in [-0.1, -0.05) is 85.4 Å². The summed E-state index contributed by atoms with van der Waals surface area (Å²) in [6, 6.07) is 0. The van der Waals surface area contributed by atoms with Crippen molar-refractivity contribution in [1.29, 1.82) is 0 Å². The van der Waals surface area contributed by atoms with Gasteiger partial charge in [-0.05, 0) is 118 Å². The Hall–Kier alpha value is -2.14. The largest absolute Gasteiger partial charge is 0.462 e. The van der Waals surface area contributed by atoms with Gasteiger partial charge in [-0.15, -0.1) is 9.24 Å². The molecule has 6 atom stereocenters. The van der Waals surface area contributed by atoms with E-state index in [-0.39, 0.29) is 12.1 Å². The standard InChI is InChI=1S/C28H50O2.C8H11N3O2.C2H5P/c1-7-26(29)30-23-14-17-27(5,18-15-23)24-16-19-28(6)22(11-9-8-10-20(2)3)12-13-25(28)21(24)4;1-3-5-6(4-2)11-7(12)9-10-8(11)13;1-2-3/h20-25H,7-19H2,1-6H3;3-5H,1-2H3,(H,9,12)(H,10,13);2H,1,3H2/b;5-3-,6-4+;. The van der Waals surface area contributed by atoms with Gasteiger partial charge >= 0.3 is 17.3 Å². The summed E-state index contributed by atoms with van der Waals surface area (Å²) in [4.78, 5) is 33.9. The predicted octanol–water partition coefficient (Wildman–Crippen LogP) is 9.49. The van der Waals surface area contributed by atoms with Crippen LogP contribution in [0.15, 0.2) is 40.2 Å². The van der Waals surface area contributed by atoms with Crippen LogP contribution in [0.3, 0.4) is 0 Å². The molecule has 7 nitrogen and oxygen atoms in total. The first-order valence-corrected chi connectivity index (χ1v) is 18.7. The second-order valence-corrected chi connectivity index (χ2v) is 15.4. The quantitative estimate of drug-likeness (QED) is 0.113. The Kier molecular flexibility index (Phi) is 16.5.